The van der Waals surface area contributed by atoms with Crippen LogP contribution in [0.25, 0.3) is 0 Å². The molecule has 0 aromatic heterocycles. The highest BCUT2D eigenvalue weighted by atomic mass is 35.5. The number of halogens is 1. The number of benzene rings is 1. The van der Waals surface area contributed by atoms with Gasteiger partial charge in [-0.1, -0.05) is 11.6 Å². The van der Waals surface area contributed by atoms with Crippen LogP contribution in [0.3, 0.4) is 0 Å². The number of allylic oxidation sites excluding steroid dienone is 2. The lowest BCUT2D eigenvalue weighted by Gasteiger charge is -2.14. The summed E-state index contributed by atoms with van der Waals surface area (Å²) < 4.78 is 21.7. The Labute approximate surface area is 168 Å². The van der Waals surface area contributed by atoms with E-state index in [9.17, 15) is 9.59 Å². The Morgan fingerprint density at radius 1 is 1.22 bits per heavy atom. The lowest BCUT2D eigenvalue weighted by Crippen LogP contribution is -2.13. The molecule has 8 heteroatoms. The number of ketones is 2. The highest BCUT2D eigenvalue weighted by Gasteiger charge is 2.38. The molecule has 1 aromatic rings. The molecule has 1 unspecified atom stereocenters. The van der Waals surface area contributed by atoms with Crippen LogP contribution in [0.15, 0.2) is 10.7 Å². The molecule has 0 aliphatic carbocycles. The molecule has 1 aliphatic heterocycles. The van der Waals surface area contributed by atoms with Gasteiger partial charge in [0.25, 0.3) is 0 Å². The number of ether oxygens (including phenoxy) is 4. The van der Waals surface area contributed by atoms with Gasteiger partial charge < -0.3 is 18.9 Å². The molecule has 1 atom stereocenters. The number of rotatable bonds is 8. The van der Waals surface area contributed by atoms with E-state index in [0.29, 0.717) is 22.0 Å². The van der Waals surface area contributed by atoms with E-state index in [0.717, 1.165) is 0 Å². The second kappa shape index (κ2) is 8.99. The molecule has 0 spiro atoms. The van der Waals surface area contributed by atoms with Crippen LogP contribution < -0.4 is 14.2 Å². The summed E-state index contributed by atoms with van der Waals surface area (Å²) in [5.41, 5.74) is 0.859. The van der Waals surface area contributed by atoms with Gasteiger partial charge in [0.2, 0.25) is 5.78 Å². The van der Waals surface area contributed by atoms with E-state index in [4.69, 9.17) is 30.5 Å². The minimum atomic E-state index is -0.355. The molecular formula is C19H23ClO6S. The highest BCUT2D eigenvalue weighted by Crippen LogP contribution is 2.51. The van der Waals surface area contributed by atoms with Gasteiger partial charge in [0.1, 0.15) is 27.9 Å². The van der Waals surface area contributed by atoms with Crippen molar-refractivity contribution < 1.29 is 28.5 Å². The first-order valence-electron chi connectivity index (χ1n) is 8.28. The maximum absolute atomic E-state index is 13.0. The molecule has 0 N–H and O–H groups in total. The van der Waals surface area contributed by atoms with E-state index in [1.54, 1.807) is 20.3 Å². The van der Waals surface area contributed by atoms with Crippen molar-refractivity contribution in [2.24, 2.45) is 0 Å². The molecule has 6 nitrogen and oxygen atoms in total. The van der Waals surface area contributed by atoms with E-state index in [1.807, 2.05) is 6.92 Å². The van der Waals surface area contributed by atoms with Crippen LogP contribution in [0, 0.1) is 6.92 Å². The Morgan fingerprint density at radius 2 is 1.85 bits per heavy atom. The quantitative estimate of drug-likeness (QED) is 0.590. The zero-order valence-electron chi connectivity index (χ0n) is 16.2. The normalized spacial score (nSPS) is 15.9. The zero-order chi connectivity index (χ0) is 20.3. The number of hydrogen-bond acceptors (Lipinski definition) is 7. The highest BCUT2D eigenvalue weighted by molar-refractivity contribution is 8.02. The van der Waals surface area contributed by atoms with E-state index in [2.05, 4.69) is 0 Å². The first-order chi connectivity index (χ1) is 12.8. The molecule has 0 bridgehead atoms. The second-order valence-electron chi connectivity index (χ2n) is 6.06. The average Bonchev–Trinajstić information content (AvgIpc) is 2.98. The van der Waals surface area contributed by atoms with Crippen LogP contribution in [0.1, 0.15) is 35.7 Å². The molecule has 1 aliphatic rings. The lowest BCUT2D eigenvalue weighted by molar-refractivity contribution is -0.120. The van der Waals surface area contributed by atoms with Crippen molar-refractivity contribution in [1.29, 1.82) is 0 Å². The standard InChI is InChI=1S/C19H23ClO6S/c1-9(23-3)7-11(21)8-12(27-6)18-15(22)13-16(24-4)10(2)17(25-5)14(20)19(13)26-18/h9H,7-8H2,1-6H3/b18-12+. The molecule has 148 valence electrons. The number of fused-ring (bicyclic) bond motifs is 1. The number of hydrogen-bond donors (Lipinski definition) is 0. The van der Waals surface area contributed by atoms with Crippen molar-refractivity contribution in [2.75, 3.05) is 27.6 Å². The second-order valence-corrected chi connectivity index (χ2v) is 7.34. The maximum atomic E-state index is 13.0. The third-order valence-corrected chi connectivity index (χ3v) is 5.52. The fourth-order valence-corrected chi connectivity index (χ4v) is 3.89. The Bertz CT molecular complexity index is 802. The van der Waals surface area contributed by atoms with E-state index in [-0.39, 0.29) is 52.6 Å². The van der Waals surface area contributed by atoms with Gasteiger partial charge in [-0.3, -0.25) is 9.59 Å². The van der Waals surface area contributed by atoms with E-state index < -0.39 is 0 Å². The largest absolute Gasteiger partial charge is 0.495 e. The minimum Gasteiger partial charge on any atom is -0.495 e. The van der Waals surface area contributed by atoms with Crippen LogP contribution in [-0.4, -0.2) is 45.3 Å². The van der Waals surface area contributed by atoms with Crippen molar-refractivity contribution in [3.8, 4) is 17.2 Å². The molecule has 0 fully saturated rings. The smallest absolute Gasteiger partial charge is 0.236 e. The zero-order valence-corrected chi connectivity index (χ0v) is 17.8. The van der Waals surface area contributed by atoms with Gasteiger partial charge in [0, 0.05) is 30.4 Å². The van der Waals surface area contributed by atoms with Crippen LogP contribution in [0.5, 0.6) is 17.2 Å². The summed E-state index contributed by atoms with van der Waals surface area (Å²) in [6.07, 6.45) is 1.94. The number of carbonyl (C=O) groups excluding carboxylic acids is 2. The third-order valence-electron chi connectivity index (χ3n) is 4.35. The van der Waals surface area contributed by atoms with Gasteiger partial charge in [0.15, 0.2) is 11.5 Å². The van der Waals surface area contributed by atoms with E-state index in [1.165, 1.54) is 26.0 Å². The molecule has 0 saturated carbocycles. The predicted octanol–water partition coefficient (Wildman–Crippen LogP) is 4.20. The summed E-state index contributed by atoms with van der Waals surface area (Å²) in [5.74, 6) is 0.638. The Hall–Kier alpha value is -1.70. The monoisotopic (exact) mass is 414 g/mol. The number of methoxy groups -OCH3 is 3. The van der Waals surface area contributed by atoms with Crippen molar-refractivity contribution in [3.05, 3.63) is 26.8 Å². The number of Topliss-reactive ketones (excluding diaryl/α,β-unsaturated/α-hetero) is 2. The van der Waals surface area contributed by atoms with Gasteiger partial charge in [-0.2, -0.15) is 0 Å². The van der Waals surface area contributed by atoms with Crippen molar-refractivity contribution in [2.45, 2.75) is 32.8 Å². The topological polar surface area (TPSA) is 71.1 Å². The molecule has 0 saturated heterocycles. The van der Waals surface area contributed by atoms with Gasteiger partial charge in [0.05, 0.1) is 20.3 Å². The Balaban J connectivity index is 2.49. The Kier molecular flexibility index (Phi) is 7.19. The molecule has 0 amide bonds. The van der Waals surface area contributed by atoms with Gasteiger partial charge in [-0.05, 0) is 20.1 Å². The van der Waals surface area contributed by atoms with Crippen LogP contribution >= 0.6 is 23.4 Å². The summed E-state index contributed by atoms with van der Waals surface area (Å²) in [4.78, 5) is 25.9. The predicted molar refractivity (Wildman–Crippen MR) is 106 cm³/mol. The summed E-state index contributed by atoms with van der Waals surface area (Å²) >= 11 is 7.68. The fourth-order valence-electron chi connectivity index (χ4n) is 2.92. The van der Waals surface area contributed by atoms with Gasteiger partial charge >= 0.3 is 0 Å². The summed E-state index contributed by atoms with van der Waals surface area (Å²) in [6, 6.07) is 0. The number of thioether (sulfide) groups is 1. The average molecular weight is 415 g/mol. The fraction of sp³-hybridized carbons (Fsp3) is 0.474. The summed E-state index contributed by atoms with van der Waals surface area (Å²) in [6.45, 7) is 3.57. The lowest BCUT2D eigenvalue weighted by atomic mass is 10.0. The minimum absolute atomic E-state index is 0.0413. The van der Waals surface area contributed by atoms with E-state index >= 15 is 0 Å². The Morgan fingerprint density at radius 3 is 2.37 bits per heavy atom. The molecular weight excluding hydrogens is 392 g/mol. The van der Waals surface area contributed by atoms with Crippen LogP contribution in [0.4, 0.5) is 0 Å². The molecule has 1 aromatic carbocycles. The van der Waals surface area contributed by atoms with Crippen LogP contribution in [0.2, 0.25) is 5.02 Å². The van der Waals surface area contributed by atoms with Crippen molar-refractivity contribution >= 4 is 34.9 Å². The number of carbonyl (C=O) groups is 2. The first kappa shape index (κ1) is 21.6. The molecule has 27 heavy (non-hydrogen) atoms. The molecule has 2 rings (SSSR count). The summed E-state index contributed by atoms with van der Waals surface area (Å²) in [7, 11) is 4.50. The summed E-state index contributed by atoms with van der Waals surface area (Å²) in [5, 5.41) is 0.203. The van der Waals surface area contributed by atoms with Crippen molar-refractivity contribution in [1.82, 2.24) is 0 Å². The third kappa shape index (κ3) is 4.10. The van der Waals surface area contributed by atoms with Crippen LogP contribution in [-0.2, 0) is 9.53 Å². The van der Waals surface area contributed by atoms with Crippen molar-refractivity contribution in [3.63, 3.8) is 0 Å². The van der Waals surface area contributed by atoms with Gasteiger partial charge in [-0.15, -0.1) is 11.8 Å². The first-order valence-corrected chi connectivity index (χ1v) is 9.89. The SMILES string of the molecule is COc1c(C)c(OC)c2c(c1Cl)O/C(=C(\CC(=O)CC(C)OC)SC)C2=O. The maximum Gasteiger partial charge on any atom is 0.236 e. The molecule has 0 radical (unpaired) electrons. The molecule has 1 heterocycles. The van der Waals surface area contributed by atoms with Gasteiger partial charge in [-0.25, -0.2) is 0 Å².